The van der Waals surface area contributed by atoms with E-state index in [-0.39, 0.29) is 23.2 Å². The number of carbonyl (C=O) groups excluding carboxylic acids is 2. The highest BCUT2D eigenvalue weighted by Gasteiger charge is 2.36. The van der Waals surface area contributed by atoms with Crippen LogP contribution in [0, 0.1) is 23.7 Å². The fourth-order valence-corrected chi connectivity index (χ4v) is 4.13. The van der Waals surface area contributed by atoms with Gasteiger partial charge in [-0.05, 0) is 64.1 Å². The lowest BCUT2D eigenvalue weighted by molar-refractivity contribution is -0.154. The van der Waals surface area contributed by atoms with E-state index in [1.165, 1.54) is 0 Å². The molecule has 0 saturated carbocycles. The van der Waals surface area contributed by atoms with Crippen LogP contribution in [0.15, 0.2) is 0 Å². The van der Waals surface area contributed by atoms with Crippen LogP contribution in [0.3, 0.4) is 0 Å². The van der Waals surface area contributed by atoms with Crippen molar-refractivity contribution in [2.45, 2.75) is 58.9 Å². The van der Waals surface area contributed by atoms with E-state index < -0.39 is 5.92 Å². The highest BCUT2D eigenvalue weighted by atomic mass is 16.5. The molecule has 5 heteroatoms. The molecule has 2 rings (SSSR count). The van der Waals surface area contributed by atoms with Crippen molar-refractivity contribution in [3.63, 3.8) is 0 Å². The smallest absolute Gasteiger partial charge is 0.316 e. The Bertz CT molecular complexity index is 446. The maximum Gasteiger partial charge on any atom is 0.316 e. The van der Waals surface area contributed by atoms with Crippen LogP contribution in [0.25, 0.3) is 0 Å². The van der Waals surface area contributed by atoms with Crippen LogP contribution in [0.1, 0.15) is 53.4 Å². The number of carbonyl (C=O) groups is 2. The number of ketones is 1. The fourth-order valence-electron chi connectivity index (χ4n) is 4.13. The molecule has 138 valence electrons. The number of rotatable bonds is 0. The molecule has 0 bridgehead atoms. The number of hydrogen-bond donors (Lipinski definition) is 2. The van der Waals surface area contributed by atoms with E-state index in [0.29, 0.717) is 18.4 Å². The van der Waals surface area contributed by atoms with Gasteiger partial charge in [-0.25, -0.2) is 0 Å². The standard InChI is InChI=1S/C19H34N2O3/c1-13-9-14(2)11-21-19(5-7-20-8-6-19)12-24-18(23)16(4)17(22)15(3)10-13/h13-16,20-21H,5-12H2,1-4H3. The molecule has 0 aromatic carbocycles. The molecule has 0 aromatic heterocycles. The first-order chi connectivity index (χ1) is 11.3. The molecule has 2 fully saturated rings. The van der Waals surface area contributed by atoms with Gasteiger partial charge in [-0.3, -0.25) is 9.59 Å². The Morgan fingerprint density at radius 2 is 1.67 bits per heavy atom. The highest BCUT2D eigenvalue weighted by Crippen LogP contribution is 2.26. The zero-order valence-corrected chi connectivity index (χ0v) is 15.7. The van der Waals surface area contributed by atoms with Gasteiger partial charge in [0.15, 0.2) is 0 Å². The first-order valence-electron chi connectivity index (χ1n) is 9.49. The predicted octanol–water partition coefficient (Wildman–Crippen LogP) is 2.15. The Kier molecular flexibility index (Phi) is 6.81. The van der Waals surface area contributed by atoms with Gasteiger partial charge in [-0.2, -0.15) is 0 Å². The third-order valence-electron chi connectivity index (χ3n) is 5.70. The van der Waals surface area contributed by atoms with Crippen LogP contribution in [0.2, 0.25) is 0 Å². The second-order valence-corrected chi connectivity index (χ2v) is 8.23. The van der Waals surface area contributed by atoms with Gasteiger partial charge in [0.2, 0.25) is 0 Å². The minimum absolute atomic E-state index is 0.0195. The molecule has 2 N–H and O–H groups in total. The molecule has 4 unspecified atom stereocenters. The second kappa shape index (κ2) is 8.43. The minimum Gasteiger partial charge on any atom is -0.463 e. The summed E-state index contributed by atoms with van der Waals surface area (Å²) in [5, 5.41) is 7.07. The zero-order valence-electron chi connectivity index (χ0n) is 15.7. The van der Waals surface area contributed by atoms with Gasteiger partial charge in [-0.1, -0.05) is 20.8 Å². The number of ether oxygens (including phenoxy) is 1. The van der Waals surface area contributed by atoms with E-state index in [4.69, 9.17) is 4.74 Å². The topological polar surface area (TPSA) is 67.4 Å². The minimum atomic E-state index is -0.663. The van der Waals surface area contributed by atoms with Gasteiger partial charge in [0.05, 0.1) is 5.54 Å². The van der Waals surface area contributed by atoms with E-state index in [9.17, 15) is 9.59 Å². The molecular formula is C19H34N2O3. The van der Waals surface area contributed by atoms with Crippen LogP contribution in [-0.4, -0.2) is 43.5 Å². The predicted molar refractivity (Wildman–Crippen MR) is 94.7 cm³/mol. The molecule has 0 aliphatic carbocycles. The van der Waals surface area contributed by atoms with E-state index in [1.54, 1.807) is 6.92 Å². The van der Waals surface area contributed by atoms with Gasteiger partial charge in [0.25, 0.3) is 0 Å². The van der Waals surface area contributed by atoms with E-state index >= 15 is 0 Å². The van der Waals surface area contributed by atoms with E-state index in [1.807, 2.05) is 6.92 Å². The summed E-state index contributed by atoms with van der Waals surface area (Å²) < 4.78 is 5.59. The number of nitrogens with one attached hydrogen (secondary N) is 2. The Balaban J connectivity index is 2.15. The SMILES string of the molecule is CC1CNC2(CCNCC2)COC(=O)C(C)C(=O)C(C)CC(C)C1. The van der Waals surface area contributed by atoms with E-state index in [0.717, 1.165) is 45.3 Å². The van der Waals surface area contributed by atoms with Crippen molar-refractivity contribution in [3.05, 3.63) is 0 Å². The highest BCUT2D eigenvalue weighted by molar-refractivity contribution is 5.99. The number of Topliss-reactive ketones (excluding diaryl/α,β-unsaturated/α-hetero) is 1. The van der Waals surface area contributed by atoms with Crippen molar-refractivity contribution < 1.29 is 14.3 Å². The Labute approximate surface area is 146 Å². The van der Waals surface area contributed by atoms with E-state index in [2.05, 4.69) is 24.5 Å². The van der Waals surface area contributed by atoms with Crippen LogP contribution >= 0.6 is 0 Å². The van der Waals surface area contributed by atoms with Gasteiger partial charge in [-0.15, -0.1) is 0 Å². The molecule has 2 heterocycles. The monoisotopic (exact) mass is 338 g/mol. The summed E-state index contributed by atoms with van der Waals surface area (Å²) in [6.45, 7) is 11.3. The molecule has 2 aliphatic rings. The first kappa shape index (κ1) is 19.4. The lowest BCUT2D eigenvalue weighted by Gasteiger charge is -2.39. The van der Waals surface area contributed by atoms with Crippen LogP contribution in [-0.2, 0) is 14.3 Å². The molecule has 4 atom stereocenters. The lowest BCUT2D eigenvalue weighted by atomic mass is 9.84. The average Bonchev–Trinajstić information content (AvgIpc) is 2.57. The molecule has 1 spiro atoms. The summed E-state index contributed by atoms with van der Waals surface area (Å²) in [5.74, 6) is -0.0744. The Hall–Kier alpha value is -0.940. The van der Waals surface area contributed by atoms with Crippen LogP contribution in [0.4, 0.5) is 0 Å². The zero-order chi connectivity index (χ0) is 17.7. The summed E-state index contributed by atoms with van der Waals surface area (Å²) in [7, 11) is 0. The van der Waals surface area contributed by atoms with Crippen molar-refractivity contribution in [1.82, 2.24) is 10.6 Å². The molecule has 0 radical (unpaired) electrons. The third kappa shape index (κ3) is 5.03. The summed E-state index contributed by atoms with van der Waals surface area (Å²) in [6.07, 6.45) is 3.83. The van der Waals surface area contributed by atoms with Crippen LogP contribution in [0.5, 0.6) is 0 Å². The molecule has 0 aromatic rings. The normalized spacial score (nSPS) is 36.3. The second-order valence-electron chi connectivity index (χ2n) is 8.23. The Morgan fingerprint density at radius 1 is 1.00 bits per heavy atom. The van der Waals surface area contributed by atoms with Crippen molar-refractivity contribution >= 4 is 11.8 Å². The summed E-state index contributed by atoms with van der Waals surface area (Å²) in [6, 6.07) is 0. The quantitative estimate of drug-likeness (QED) is 0.523. The molecule has 24 heavy (non-hydrogen) atoms. The van der Waals surface area contributed by atoms with Crippen molar-refractivity contribution in [2.24, 2.45) is 23.7 Å². The lowest BCUT2D eigenvalue weighted by Crippen LogP contribution is -2.56. The van der Waals surface area contributed by atoms with Crippen molar-refractivity contribution in [3.8, 4) is 0 Å². The number of esters is 1. The molecule has 2 aliphatic heterocycles. The first-order valence-corrected chi connectivity index (χ1v) is 9.49. The summed E-state index contributed by atoms with van der Waals surface area (Å²) in [4.78, 5) is 24.9. The van der Waals surface area contributed by atoms with Crippen LogP contribution < -0.4 is 10.6 Å². The average molecular weight is 338 g/mol. The summed E-state index contributed by atoms with van der Waals surface area (Å²) >= 11 is 0. The number of cyclic esters (lactones) is 1. The van der Waals surface area contributed by atoms with Crippen molar-refractivity contribution in [1.29, 1.82) is 0 Å². The molecular weight excluding hydrogens is 304 g/mol. The summed E-state index contributed by atoms with van der Waals surface area (Å²) in [5.41, 5.74) is -0.152. The maximum absolute atomic E-state index is 12.5. The van der Waals surface area contributed by atoms with Crippen molar-refractivity contribution in [2.75, 3.05) is 26.2 Å². The van der Waals surface area contributed by atoms with Gasteiger partial charge in [0.1, 0.15) is 18.3 Å². The number of piperidine rings is 1. The maximum atomic E-state index is 12.5. The molecule has 0 amide bonds. The largest absolute Gasteiger partial charge is 0.463 e. The van der Waals surface area contributed by atoms with Gasteiger partial charge < -0.3 is 15.4 Å². The number of hydrogen-bond acceptors (Lipinski definition) is 5. The van der Waals surface area contributed by atoms with Gasteiger partial charge in [0, 0.05) is 5.92 Å². The Morgan fingerprint density at radius 3 is 2.33 bits per heavy atom. The fraction of sp³-hybridized carbons (Fsp3) is 0.895. The molecule has 2 saturated heterocycles. The third-order valence-corrected chi connectivity index (χ3v) is 5.70. The molecule has 5 nitrogen and oxygen atoms in total. The van der Waals surface area contributed by atoms with Gasteiger partial charge >= 0.3 is 5.97 Å².